The SMILES string of the molecule is CCCNC(=O)Nc1cc(C)nn1-c1cc(C)c2ccccc2n1. The molecule has 2 heterocycles. The highest BCUT2D eigenvalue weighted by Gasteiger charge is 2.13. The molecular weight excluding hydrogens is 302 g/mol. The lowest BCUT2D eigenvalue weighted by Gasteiger charge is -2.11. The van der Waals surface area contributed by atoms with Crippen LogP contribution in [-0.2, 0) is 0 Å². The Morgan fingerprint density at radius 3 is 2.79 bits per heavy atom. The zero-order valence-electron chi connectivity index (χ0n) is 14.1. The first-order valence-corrected chi connectivity index (χ1v) is 8.06. The van der Waals surface area contributed by atoms with Gasteiger partial charge in [-0.25, -0.2) is 9.78 Å². The standard InChI is InChI=1S/C18H21N5O/c1-4-9-19-18(24)21-17-11-13(3)22-23(17)16-10-12(2)14-7-5-6-8-15(14)20-16/h5-8,10-11H,4,9H2,1-3H3,(H2,19,21,24). The van der Waals surface area contributed by atoms with E-state index in [0.29, 0.717) is 18.2 Å². The monoisotopic (exact) mass is 323 g/mol. The quantitative estimate of drug-likeness (QED) is 0.771. The Bertz CT molecular complexity index is 884. The van der Waals surface area contributed by atoms with Crippen LogP contribution in [-0.4, -0.2) is 27.3 Å². The fourth-order valence-electron chi connectivity index (χ4n) is 2.60. The molecule has 2 aromatic heterocycles. The minimum atomic E-state index is -0.240. The third kappa shape index (κ3) is 3.22. The van der Waals surface area contributed by atoms with Crippen LogP contribution < -0.4 is 10.6 Å². The van der Waals surface area contributed by atoms with E-state index in [9.17, 15) is 4.79 Å². The second-order valence-electron chi connectivity index (χ2n) is 5.78. The van der Waals surface area contributed by atoms with Gasteiger partial charge in [0.1, 0.15) is 5.82 Å². The number of anilines is 1. The van der Waals surface area contributed by atoms with E-state index in [1.165, 1.54) is 0 Å². The third-order valence-corrected chi connectivity index (χ3v) is 3.74. The van der Waals surface area contributed by atoms with Crippen LogP contribution in [0.1, 0.15) is 24.6 Å². The number of nitrogens with one attached hydrogen (secondary N) is 2. The van der Waals surface area contributed by atoms with Gasteiger partial charge >= 0.3 is 6.03 Å². The molecule has 6 heteroatoms. The number of hydrogen-bond donors (Lipinski definition) is 2. The first kappa shape index (κ1) is 16.0. The topological polar surface area (TPSA) is 71.8 Å². The number of fused-ring (bicyclic) bond motifs is 1. The van der Waals surface area contributed by atoms with Crippen molar-refractivity contribution in [3.05, 3.63) is 47.7 Å². The van der Waals surface area contributed by atoms with Gasteiger partial charge in [-0.1, -0.05) is 25.1 Å². The van der Waals surface area contributed by atoms with E-state index >= 15 is 0 Å². The van der Waals surface area contributed by atoms with Gasteiger partial charge in [-0.2, -0.15) is 9.78 Å². The van der Waals surface area contributed by atoms with Crippen molar-refractivity contribution in [3.8, 4) is 5.82 Å². The molecule has 24 heavy (non-hydrogen) atoms. The largest absolute Gasteiger partial charge is 0.338 e. The summed E-state index contributed by atoms with van der Waals surface area (Å²) < 4.78 is 1.67. The van der Waals surface area contributed by atoms with E-state index in [-0.39, 0.29) is 6.03 Å². The molecule has 0 aliphatic rings. The molecule has 3 rings (SSSR count). The normalized spacial score (nSPS) is 10.8. The highest BCUT2D eigenvalue weighted by Crippen LogP contribution is 2.22. The van der Waals surface area contributed by atoms with Crippen molar-refractivity contribution in [2.45, 2.75) is 27.2 Å². The molecule has 124 valence electrons. The molecule has 0 bridgehead atoms. The van der Waals surface area contributed by atoms with E-state index < -0.39 is 0 Å². The summed E-state index contributed by atoms with van der Waals surface area (Å²) in [5.74, 6) is 1.29. The number of carbonyl (C=O) groups excluding carboxylic acids is 1. The van der Waals surface area contributed by atoms with E-state index in [0.717, 1.165) is 28.6 Å². The number of urea groups is 1. The van der Waals surface area contributed by atoms with Crippen LogP contribution in [0, 0.1) is 13.8 Å². The number of carbonyl (C=O) groups is 1. The highest BCUT2D eigenvalue weighted by atomic mass is 16.2. The molecule has 0 radical (unpaired) electrons. The van der Waals surface area contributed by atoms with E-state index in [2.05, 4.69) is 20.7 Å². The molecule has 0 saturated carbocycles. The number of para-hydroxylation sites is 1. The summed E-state index contributed by atoms with van der Waals surface area (Å²) in [6.45, 7) is 6.58. The summed E-state index contributed by atoms with van der Waals surface area (Å²) >= 11 is 0. The average molecular weight is 323 g/mol. The fourth-order valence-corrected chi connectivity index (χ4v) is 2.60. The fraction of sp³-hybridized carbons (Fsp3) is 0.278. The Morgan fingerprint density at radius 1 is 1.21 bits per heavy atom. The minimum Gasteiger partial charge on any atom is -0.338 e. The van der Waals surface area contributed by atoms with Gasteiger partial charge in [-0.15, -0.1) is 0 Å². The van der Waals surface area contributed by atoms with Crippen LogP contribution >= 0.6 is 0 Å². The van der Waals surface area contributed by atoms with Gasteiger partial charge < -0.3 is 5.32 Å². The number of aromatic nitrogens is 3. The number of pyridine rings is 1. The summed E-state index contributed by atoms with van der Waals surface area (Å²) in [6.07, 6.45) is 0.886. The van der Waals surface area contributed by atoms with E-state index in [4.69, 9.17) is 0 Å². The third-order valence-electron chi connectivity index (χ3n) is 3.74. The lowest BCUT2D eigenvalue weighted by atomic mass is 10.1. The van der Waals surface area contributed by atoms with Gasteiger partial charge in [-0.05, 0) is 38.0 Å². The van der Waals surface area contributed by atoms with E-state index in [1.54, 1.807) is 4.68 Å². The molecule has 2 amide bonds. The van der Waals surface area contributed by atoms with Crippen LogP contribution in [0.15, 0.2) is 36.4 Å². The summed E-state index contributed by atoms with van der Waals surface area (Å²) in [5.41, 5.74) is 2.83. The number of benzene rings is 1. The summed E-state index contributed by atoms with van der Waals surface area (Å²) in [6, 6.07) is 11.6. The zero-order chi connectivity index (χ0) is 17.1. The van der Waals surface area contributed by atoms with Crippen LogP contribution in [0.2, 0.25) is 0 Å². The second-order valence-corrected chi connectivity index (χ2v) is 5.78. The molecule has 2 N–H and O–H groups in total. The van der Waals surface area contributed by atoms with Crippen molar-refractivity contribution in [1.82, 2.24) is 20.1 Å². The Morgan fingerprint density at radius 2 is 2.00 bits per heavy atom. The van der Waals surface area contributed by atoms with Gasteiger partial charge in [0.05, 0.1) is 11.2 Å². The number of nitrogens with zero attached hydrogens (tertiary/aromatic N) is 3. The predicted molar refractivity (Wildman–Crippen MR) is 95.7 cm³/mol. The molecule has 1 aromatic carbocycles. The number of amides is 2. The Labute approximate surface area is 140 Å². The molecule has 0 atom stereocenters. The maximum absolute atomic E-state index is 12.0. The van der Waals surface area contributed by atoms with Gasteiger partial charge in [0, 0.05) is 18.0 Å². The lowest BCUT2D eigenvalue weighted by Crippen LogP contribution is -2.30. The van der Waals surface area contributed by atoms with Crippen molar-refractivity contribution in [2.75, 3.05) is 11.9 Å². The predicted octanol–water partition coefficient (Wildman–Crippen LogP) is 3.57. The Hall–Kier alpha value is -2.89. The van der Waals surface area contributed by atoms with Crippen molar-refractivity contribution in [3.63, 3.8) is 0 Å². The first-order valence-electron chi connectivity index (χ1n) is 8.06. The maximum atomic E-state index is 12.0. The van der Waals surface area contributed by atoms with Gasteiger partial charge in [0.25, 0.3) is 0 Å². The Balaban J connectivity index is 1.99. The average Bonchev–Trinajstić information content (AvgIpc) is 2.93. The number of aryl methyl sites for hydroxylation is 2. The van der Waals surface area contributed by atoms with Crippen molar-refractivity contribution in [2.24, 2.45) is 0 Å². The number of rotatable bonds is 4. The van der Waals surface area contributed by atoms with Crippen molar-refractivity contribution in [1.29, 1.82) is 0 Å². The lowest BCUT2D eigenvalue weighted by molar-refractivity contribution is 0.252. The van der Waals surface area contributed by atoms with Crippen molar-refractivity contribution >= 4 is 22.8 Å². The molecule has 0 aliphatic heterocycles. The summed E-state index contributed by atoms with van der Waals surface area (Å²) in [7, 11) is 0. The zero-order valence-corrected chi connectivity index (χ0v) is 14.1. The van der Waals surface area contributed by atoms with Crippen LogP contribution in [0.3, 0.4) is 0 Å². The molecule has 0 saturated heterocycles. The first-order chi connectivity index (χ1) is 11.6. The smallest absolute Gasteiger partial charge is 0.320 e. The minimum absolute atomic E-state index is 0.240. The molecule has 0 fully saturated rings. The molecule has 6 nitrogen and oxygen atoms in total. The summed E-state index contributed by atoms with van der Waals surface area (Å²) in [5, 5.41) is 11.2. The van der Waals surface area contributed by atoms with Crippen LogP contribution in [0.5, 0.6) is 0 Å². The van der Waals surface area contributed by atoms with Crippen molar-refractivity contribution < 1.29 is 4.79 Å². The molecule has 0 spiro atoms. The highest BCUT2D eigenvalue weighted by molar-refractivity contribution is 5.89. The maximum Gasteiger partial charge on any atom is 0.320 e. The second kappa shape index (κ2) is 6.70. The van der Waals surface area contributed by atoms with Gasteiger partial charge in [-0.3, -0.25) is 5.32 Å². The van der Waals surface area contributed by atoms with Crippen LogP contribution in [0.4, 0.5) is 10.6 Å². The summed E-state index contributed by atoms with van der Waals surface area (Å²) in [4.78, 5) is 16.6. The molecule has 0 aliphatic carbocycles. The molecule has 3 aromatic rings. The molecular formula is C18H21N5O. The number of hydrogen-bond acceptors (Lipinski definition) is 3. The van der Waals surface area contributed by atoms with Gasteiger partial charge in [0.15, 0.2) is 5.82 Å². The van der Waals surface area contributed by atoms with Gasteiger partial charge in [0.2, 0.25) is 0 Å². The molecule has 0 unspecified atom stereocenters. The Kier molecular flexibility index (Phi) is 4.46. The van der Waals surface area contributed by atoms with Crippen LogP contribution in [0.25, 0.3) is 16.7 Å². The van der Waals surface area contributed by atoms with E-state index in [1.807, 2.05) is 57.2 Å².